The molecule has 1 heterocycles. The number of amides is 1. The van der Waals surface area contributed by atoms with E-state index in [2.05, 4.69) is 6.92 Å². The molecule has 0 radical (unpaired) electrons. The fraction of sp³-hybridized carbons (Fsp3) is 0.536. The van der Waals surface area contributed by atoms with E-state index in [1.54, 1.807) is 11.0 Å². The van der Waals surface area contributed by atoms with E-state index in [-0.39, 0.29) is 23.6 Å². The van der Waals surface area contributed by atoms with Gasteiger partial charge in [0.15, 0.2) is 0 Å². The Kier molecular flexibility index (Phi) is 8.30. The molecule has 0 bridgehead atoms. The predicted octanol–water partition coefficient (Wildman–Crippen LogP) is 5.26. The first-order valence-electron chi connectivity index (χ1n) is 12.4. The second-order valence-electron chi connectivity index (χ2n) is 9.78. The molecule has 1 amide bonds. The molecular weight excluding hydrogens is 415 g/mol. The third-order valence-corrected chi connectivity index (χ3v) is 7.15. The molecular formula is C28H39FN2O2. The van der Waals surface area contributed by atoms with Gasteiger partial charge in [-0.2, -0.15) is 0 Å². The maximum Gasteiger partial charge on any atom is 0.239 e. The minimum absolute atomic E-state index is 0.0491. The Morgan fingerprint density at radius 2 is 1.97 bits per heavy atom. The molecule has 1 saturated heterocycles. The number of nitrogens with two attached hydrogens (primary N) is 1. The molecule has 1 aliphatic rings. The van der Waals surface area contributed by atoms with Crippen molar-refractivity contribution in [2.24, 2.45) is 17.6 Å². The topological polar surface area (TPSA) is 66.6 Å². The molecule has 0 aromatic heterocycles. The van der Waals surface area contributed by atoms with Gasteiger partial charge in [0.1, 0.15) is 5.82 Å². The molecule has 0 unspecified atom stereocenters. The van der Waals surface area contributed by atoms with Gasteiger partial charge in [-0.15, -0.1) is 0 Å². The normalized spacial score (nSPS) is 19.4. The molecule has 5 heteroatoms. The summed E-state index contributed by atoms with van der Waals surface area (Å²) in [6.07, 6.45) is 3.68. The summed E-state index contributed by atoms with van der Waals surface area (Å²) >= 11 is 0. The number of hydrogen-bond acceptors (Lipinski definition) is 3. The summed E-state index contributed by atoms with van der Waals surface area (Å²) in [4.78, 5) is 14.8. The molecule has 2 aromatic rings. The molecule has 0 aliphatic carbocycles. The molecule has 1 aliphatic heterocycles. The number of carbonyl (C=O) groups excluding carboxylic acids is 1. The van der Waals surface area contributed by atoms with Gasteiger partial charge < -0.3 is 15.7 Å². The van der Waals surface area contributed by atoms with Crippen LogP contribution >= 0.6 is 0 Å². The second-order valence-corrected chi connectivity index (χ2v) is 9.78. The molecule has 33 heavy (non-hydrogen) atoms. The molecule has 3 rings (SSSR count). The van der Waals surface area contributed by atoms with Crippen LogP contribution in [0.15, 0.2) is 42.5 Å². The monoisotopic (exact) mass is 454 g/mol. The fourth-order valence-corrected chi connectivity index (χ4v) is 5.13. The lowest BCUT2D eigenvalue weighted by molar-refractivity contribution is -0.139. The van der Waals surface area contributed by atoms with Crippen LogP contribution in [0.25, 0.3) is 11.1 Å². The highest BCUT2D eigenvalue weighted by molar-refractivity contribution is 5.82. The van der Waals surface area contributed by atoms with Crippen LogP contribution in [0.4, 0.5) is 4.39 Å². The number of carbonyl (C=O) groups is 1. The first-order valence-corrected chi connectivity index (χ1v) is 12.4. The Hall–Kier alpha value is -2.24. The fourth-order valence-electron chi connectivity index (χ4n) is 5.13. The Balaban J connectivity index is 2.05. The van der Waals surface area contributed by atoms with Crippen LogP contribution in [0.3, 0.4) is 0 Å². The Morgan fingerprint density at radius 1 is 1.24 bits per heavy atom. The molecule has 3 atom stereocenters. The van der Waals surface area contributed by atoms with Gasteiger partial charge in [-0.1, -0.05) is 70.5 Å². The van der Waals surface area contributed by atoms with Crippen LogP contribution in [-0.4, -0.2) is 35.0 Å². The number of likely N-dealkylation sites (tertiary alicyclic amines) is 1. The minimum Gasteiger partial charge on any atom is -0.385 e. The highest BCUT2D eigenvalue weighted by atomic mass is 19.1. The van der Waals surface area contributed by atoms with Gasteiger partial charge in [-0.05, 0) is 54.4 Å². The third kappa shape index (κ3) is 5.30. The molecule has 1 fully saturated rings. The van der Waals surface area contributed by atoms with Gasteiger partial charge in [-0.3, -0.25) is 4.79 Å². The Bertz CT molecular complexity index is 961. The zero-order valence-corrected chi connectivity index (χ0v) is 20.5. The van der Waals surface area contributed by atoms with Gasteiger partial charge in [-0.25, -0.2) is 4.39 Å². The van der Waals surface area contributed by atoms with Crippen molar-refractivity contribution in [2.75, 3.05) is 13.1 Å². The lowest BCUT2D eigenvalue weighted by atomic mass is 9.72. The smallest absolute Gasteiger partial charge is 0.239 e. The summed E-state index contributed by atoms with van der Waals surface area (Å²) in [5.41, 5.74) is 7.90. The van der Waals surface area contributed by atoms with E-state index < -0.39 is 11.6 Å². The van der Waals surface area contributed by atoms with E-state index in [0.29, 0.717) is 30.6 Å². The lowest BCUT2D eigenvalue weighted by Crippen LogP contribution is -2.53. The van der Waals surface area contributed by atoms with Crippen LogP contribution in [0.1, 0.15) is 64.5 Å². The minimum atomic E-state index is -1.24. The number of piperidine rings is 1. The number of aryl methyl sites for hydroxylation is 1. The van der Waals surface area contributed by atoms with Gasteiger partial charge in [0.2, 0.25) is 5.91 Å². The maximum atomic E-state index is 15.3. The number of nitrogens with zero attached hydrogens (tertiary/aromatic N) is 1. The van der Waals surface area contributed by atoms with Crippen molar-refractivity contribution in [3.05, 3.63) is 59.4 Å². The van der Waals surface area contributed by atoms with Crippen molar-refractivity contribution >= 4 is 5.91 Å². The highest BCUT2D eigenvalue weighted by Crippen LogP contribution is 2.44. The van der Waals surface area contributed by atoms with E-state index >= 15 is 4.39 Å². The van der Waals surface area contributed by atoms with E-state index in [4.69, 9.17) is 5.73 Å². The zero-order chi connectivity index (χ0) is 24.2. The zero-order valence-electron chi connectivity index (χ0n) is 20.5. The van der Waals surface area contributed by atoms with E-state index in [1.165, 1.54) is 6.07 Å². The molecule has 0 saturated carbocycles. The van der Waals surface area contributed by atoms with Crippen molar-refractivity contribution in [1.82, 2.24) is 4.90 Å². The van der Waals surface area contributed by atoms with Crippen molar-refractivity contribution in [2.45, 2.75) is 71.4 Å². The summed E-state index contributed by atoms with van der Waals surface area (Å²) in [7, 11) is 0. The van der Waals surface area contributed by atoms with Gasteiger partial charge in [0, 0.05) is 24.6 Å². The summed E-state index contributed by atoms with van der Waals surface area (Å²) in [5, 5.41) is 12.2. The lowest BCUT2D eigenvalue weighted by Gasteiger charge is -2.44. The van der Waals surface area contributed by atoms with Gasteiger partial charge >= 0.3 is 0 Å². The molecule has 2 aromatic carbocycles. The van der Waals surface area contributed by atoms with Crippen molar-refractivity contribution in [3.8, 4) is 11.1 Å². The van der Waals surface area contributed by atoms with E-state index in [1.807, 2.05) is 51.1 Å². The van der Waals surface area contributed by atoms with Crippen molar-refractivity contribution in [1.29, 1.82) is 0 Å². The number of benzene rings is 2. The molecule has 180 valence electrons. The number of hydrogen-bond donors (Lipinski definition) is 2. The third-order valence-electron chi connectivity index (χ3n) is 7.15. The first kappa shape index (κ1) is 25.4. The van der Waals surface area contributed by atoms with Crippen molar-refractivity contribution in [3.63, 3.8) is 0 Å². The standard InChI is InChI=1S/C28H39FN2O2/c1-5-15-28(33,22-12-9-16-31(18-22)27(32)26(30)19(3)4)23-13-8-14-24(29)25(23)21-11-7-10-20(6-2)17-21/h7-8,10-11,13-14,17,19,22,26,33H,5-6,9,12,15-16,18,30H2,1-4H3/t22-,26+,28+/m1/s1. The average Bonchev–Trinajstić information content (AvgIpc) is 2.83. The Morgan fingerprint density at radius 3 is 2.64 bits per heavy atom. The second kappa shape index (κ2) is 10.8. The predicted molar refractivity (Wildman–Crippen MR) is 132 cm³/mol. The number of rotatable bonds is 8. The number of halogens is 1. The first-order chi connectivity index (χ1) is 15.7. The van der Waals surface area contributed by atoms with Crippen LogP contribution in [0.5, 0.6) is 0 Å². The van der Waals surface area contributed by atoms with Crippen LogP contribution < -0.4 is 5.73 Å². The molecule has 0 spiro atoms. The Labute approximate surface area is 198 Å². The summed E-state index contributed by atoms with van der Waals surface area (Å²) in [6.45, 7) is 9.07. The summed E-state index contributed by atoms with van der Waals surface area (Å²) in [5.74, 6) is -0.540. The molecule has 3 N–H and O–H groups in total. The van der Waals surface area contributed by atoms with Crippen LogP contribution in [-0.2, 0) is 16.8 Å². The van der Waals surface area contributed by atoms with Gasteiger partial charge in [0.25, 0.3) is 0 Å². The SMILES string of the molecule is CCC[C@@](O)(c1cccc(F)c1-c1cccc(CC)c1)[C@@H]1CCCN(C(=O)[C@@H](N)C(C)C)C1. The van der Waals surface area contributed by atoms with Crippen molar-refractivity contribution < 1.29 is 14.3 Å². The van der Waals surface area contributed by atoms with Crippen LogP contribution in [0.2, 0.25) is 0 Å². The summed E-state index contributed by atoms with van der Waals surface area (Å²) in [6, 6.07) is 12.3. The van der Waals surface area contributed by atoms with E-state index in [9.17, 15) is 9.90 Å². The average molecular weight is 455 g/mol. The maximum absolute atomic E-state index is 15.3. The highest BCUT2D eigenvalue weighted by Gasteiger charge is 2.43. The van der Waals surface area contributed by atoms with Gasteiger partial charge in [0.05, 0.1) is 11.6 Å². The van der Waals surface area contributed by atoms with Crippen LogP contribution in [0, 0.1) is 17.7 Å². The quantitative estimate of drug-likeness (QED) is 0.571. The van der Waals surface area contributed by atoms with E-state index in [0.717, 1.165) is 36.8 Å². The molecule has 4 nitrogen and oxygen atoms in total. The summed E-state index contributed by atoms with van der Waals surface area (Å²) < 4.78 is 15.3. The largest absolute Gasteiger partial charge is 0.385 e. The number of aliphatic hydroxyl groups is 1.